The van der Waals surface area contributed by atoms with Gasteiger partial charge in [0.2, 0.25) is 0 Å². The fourth-order valence-corrected chi connectivity index (χ4v) is 3.50. The van der Waals surface area contributed by atoms with E-state index in [0.717, 1.165) is 23.7 Å². The summed E-state index contributed by atoms with van der Waals surface area (Å²) in [6.45, 7) is 16.1. The lowest BCUT2D eigenvalue weighted by Gasteiger charge is -2.20. The van der Waals surface area contributed by atoms with Gasteiger partial charge >= 0.3 is 0 Å². The molecule has 0 unspecified atom stereocenters. The van der Waals surface area contributed by atoms with Gasteiger partial charge in [-0.1, -0.05) is 44.2 Å². The van der Waals surface area contributed by atoms with E-state index in [2.05, 4.69) is 5.32 Å². The number of fused-ring (bicyclic) bond motifs is 1. The van der Waals surface area contributed by atoms with Crippen molar-refractivity contribution in [1.82, 2.24) is 4.73 Å². The Morgan fingerprint density at radius 2 is 1.48 bits per heavy atom. The van der Waals surface area contributed by atoms with Crippen LogP contribution in [-0.4, -0.2) is 53.1 Å². The topological polar surface area (TPSA) is 118 Å². The number of benzene rings is 3. The lowest BCUT2D eigenvalue weighted by Crippen LogP contribution is -2.28. The van der Waals surface area contributed by atoms with E-state index in [1.165, 1.54) is 4.73 Å². The van der Waals surface area contributed by atoms with Crippen LogP contribution in [0.3, 0.4) is 0 Å². The van der Waals surface area contributed by atoms with Crippen molar-refractivity contribution in [2.45, 2.75) is 73.2 Å². The van der Waals surface area contributed by atoms with Crippen LogP contribution in [0.15, 0.2) is 72.8 Å². The smallest absolute Gasteiger partial charge is 0.120 e. The van der Waals surface area contributed by atoms with Gasteiger partial charge < -0.3 is 25.0 Å². The Balaban J connectivity index is 0.000000853. The van der Waals surface area contributed by atoms with E-state index in [9.17, 15) is 5.11 Å². The van der Waals surface area contributed by atoms with Crippen molar-refractivity contribution in [2.24, 2.45) is 0 Å². The molecule has 0 aliphatic rings. The molecule has 4 rings (SSSR count). The van der Waals surface area contributed by atoms with E-state index in [1.807, 2.05) is 111 Å². The van der Waals surface area contributed by atoms with E-state index in [4.69, 9.17) is 29.9 Å². The third kappa shape index (κ3) is 11.9. The molecule has 0 radical (unpaired) electrons. The number of phenols is 1. The van der Waals surface area contributed by atoms with Crippen LogP contribution < -0.4 is 15.0 Å². The van der Waals surface area contributed by atoms with Crippen molar-refractivity contribution in [3.05, 3.63) is 89.6 Å². The molecule has 0 bridgehead atoms. The molecule has 242 valence electrons. The maximum absolute atomic E-state index is 9.96. The largest absolute Gasteiger partial charge is 0.508 e. The Bertz CT molecular complexity index is 1420. The van der Waals surface area contributed by atoms with Crippen molar-refractivity contribution < 1.29 is 29.6 Å². The van der Waals surface area contributed by atoms with Crippen LogP contribution in [0.4, 0.5) is 5.69 Å². The molecule has 0 saturated carbocycles. The molecule has 1 heterocycles. The molecule has 0 fully saturated rings. The molecule has 9 nitrogen and oxygen atoms in total. The SMILES string of the molecule is CC.CNc1ccc(OCc2ccccc2)cc1C(=N)c1cc2cc(O)ccc2n1OOC(C)(C)C.CO.COC(C)(C)C. The number of aliphatic hydroxyl groups excluding tert-OH is 1. The zero-order valence-electron chi connectivity index (χ0n) is 28.1. The average Bonchev–Trinajstić information content (AvgIpc) is 3.38. The summed E-state index contributed by atoms with van der Waals surface area (Å²) in [4.78, 5) is 11.3. The normalized spacial score (nSPS) is 10.7. The highest BCUT2D eigenvalue weighted by Crippen LogP contribution is 2.29. The van der Waals surface area contributed by atoms with Gasteiger partial charge in [0.05, 0.1) is 16.8 Å². The summed E-state index contributed by atoms with van der Waals surface area (Å²) in [7, 11) is 4.52. The third-order valence-electron chi connectivity index (χ3n) is 5.75. The molecule has 0 aliphatic heterocycles. The Kier molecular flexibility index (Phi) is 15.5. The first-order chi connectivity index (χ1) is 20.8. The molecule has 0 spiro atoms. The summed E-state index contributed by atoms with van der Waals surface area (Å²) in [6, 6.07) is 22.2. The van der Waals surface area contributed by atoms with Gasteiger partial charge in [-0.15, -0.1) is 4.73 Å². The summed E-state index contributed by atoms with van der Waals surface area (Å²) in [5, 5.41) is 29.9. The highest BCUT2D eigenvalue weighted by molar-refractivity contribution is 6.15. The van der Waals surface area contributed by atoms with Crippen LogP contribution in [0.1, 0.15) is 72.2 Å². The Labute approximate surface area is 262 Å². The minimum Gasteiger partial charge on any atom is -0.508 e. The number of phenolic OH excluding ortho intramolecular Hbond substituents is 1. The molecule has 1 aromatic heterocycles. The van der Waals surface area contributed by atoms with E-state index in [-0.39, 0.29) is 17.1 Å². The van der Waals surface area contributed by atoms with Crippen molar-refractivity contribution >= 4 is 22.3 Å². The highest BCUT2D eigenvalue weighted by atomic mass is 17.3. The second-order valence-electron chi connectivity index (χ2n) is 11.3. The zero-order valence-corrected chi connectivity index (χ0v) is 28.1. The number of hydrogen-bond donors (Lipinski definition) is 4. The summed E-state index contributed by atoms with van der Waals surface area (Å²) >= 11 is 0. The molecule has 4 aromatic rings. The molecule has 0 saturated heterocycles. The summed E-state index contributed by atoms with van der Waals surface area (Å²) in [5.41, 5.74) is 3.31. The fourth-order valence-electron chi connectivity index (χ4n) is 3.50. The maximum Gasteiger partial charge on any atom is 0.120 e. The van der Waals surface area contributed by atoms with Crippen LogP contribution >= 0.6 is 0 Å². The number of nitrogens with zero attached hydrogens (tertiary/aromatic N) is 1. The van der Waals surface area contributed by atoms with Crippen LogP contribution in [0.25, 0.3) is 10.9 Å². The van der Waals surface area contributed by atoms with Crippen LogP contribution in [0.2, 0.25) is 0 Å². The van der Waals surface area contributed by atoms with Gasteiger partial charge in [-0.2, -0.15) is 4.89 Å². The van der Waals surface area contributed by atoms with E-state index in [1.54, 1.807) is 31.4 Å². The number of ether oxygens (including phenoxy) is 2. The van der Waals surface area contributed by atoms with E-state index < -0.39 is 5.60 Å². The number of aliphatic hydroxyl groups is 1. The summed E-state index contributed by atoms with van der Waals surface area (Å²) in [5.74, 6) is 0.779. The van der Waals surface area contributed by atoms with E-state index >= 15 is 0 Å². The van der Waals surface area contributed by atoms with Crippen LogP contribution in [0, 0.1) is 5.41 Å². The number of methoxy groups -OCH3 is 1. The van der Waals surface area contributed by atoms with Gasteiger partial charge in [0, 0.05) is 37.9 Å². The van der Waals surface area contributed by atoms with Gasteiger partial charge in [-0.25, -0.2) is 4.99 Å². The van der Waals surface area contributed by atoms with Crippen molar-refractivity contribution in [2.75, 3.05) is 26.6 Å². The Morgan fingerprint density at radius 1 is 0.864 bits per heavy atom. The quantitative estimate of drug-likeness (QED) is 0.0922. The lowest BCUT2D eigenvalue weighted by molar-refractivity contribution is -0.343. The highest BCUT2D eigenvalue weighted by Gasteiger charge is 2.22. The second kappa shape index (κ2) is 17.9. The van der Waals surface area contributed by atoms with Gasteiger partial charge in [-0.3, -0.25) is 5.41 Å². The first-order valence-corrected chi connectivity index (χ1v) is 14.6. The number of hydrogen-bond acceptors (Lipinski definition) is 8. The van der Waals surface area contributed by atoms with Gasteiger partial charge in [0.1, 0.15) is 29.4 Å². The average molecular weight is 610 g/mol. The van der Waals surface area contributed by atoms with Gasteiger partial charge in [0.15, 0.2) is 0 Å². The molecule has 0 atom stereocenters. The second-order valence-corrected chi connectivity index (χ2v) is 11.3. The minimum absolute atomic E-state index is 0.0417. The van der Waals surface area contributed by atoms with Crippen LogP contribution in [-0.2, 0) is 16.2 Å². The third-order valence-corrected chi connectivity index (χ3v) is 5.75. The molecule has 4 N–H and O–H groups in total. The van der Waals surface area contributed by atoms with Crippen molar-refractivity contribution in [3.8, 4) is 11.5 Å². The van der Waals surface area contributed by atoms with Gasteiger partial charge in [0.25, 0.3) is 0 Å². The monoisotopic (exact) mass is 609 g/mol. The standard InChI is InChI=1S/C27H29N3O4.C5H12O.C2H6.CH4O/c1-27(2,3)33-34-30-24-13-10-20(31)14-19(24)15-25(30)26(28)22-16-21(11-12-23(22)29-4)32-17-18-8-6-5-7-9-18;1-5(2,3)6-4;2*1-2/h5-16,28-29,31H,17H2,1-4H3;1-4H3;1-2H3;2H,1H3. The fraction of sp³-hybridized carbons (Fsp3) is 0.400. The Hall–Kier alpha value is -4.05. The minimum atomic E-state index is -0.561. The molecule has 9 heteroatoms. The van der Waals surface area contributed by atoms with Crippen molar-refractivity contribution in [3.63, 3.8) is 0 Å². The maximum atomic E-state index is 9.96. The predicted molar refractivity (Wildman–Crippen MR) is 180 cm³/mol. The molecule has 3 aromatic carbocycles. The van der Waals surface area contributed by atoms with Crippen molar-refractivity contribution in [1.29, 1.82) is 5.41 Å². The molecular formula is C35H51N3O6. The van der Waals surface area contributed by atoms with Gasteiger partial charge in [-0.05, 0) is 89.6 Å². The first kappa shape index (κ1) is 38.0. The van der Waals surface area contributed by atoms with Crippen LogP contribution in [0.5, 0.6) is 11.5 Å². The number of nitrogens with one attached hydrogen (secondary N) is 2. The lowest BCUT2D eigenvalue weighted by atomic mass is 10.0. The number of rotatable bonds is 8. The summed E-state index contributed by atoms with van der Waals surface area (Å²) < 4.78 is 12.4. The molecule has 0 amide bonds. The Morgan fingerprint density at radius 3 is 2.02 bits per heavy atom. The van der Waals surface area contributed by atoms with E-state index in [0.29, 0.717) is 29.1 Å². The number of aromatic nitrogens is 1. The molecular weight excluding hydrogens is 558 g/mol. The zero-order chi connectivity index (χ0) is 33.5. The predicted octanol–water partition coefficient (Wildman–Crippen LogP) is 7.61. The number of aromatic hydroxyl groups is 1. The molecule has 0 aliphatic carbocycles. The number of anilines is 1. The summed E-state index contributed by atoms with van der Waals surface area (Å²) in [6.07, 6.45) is 0. The first-order valence-electron chi connectivity index (χ1n) is 14.6. The molecule has 44 heavy (non-hydrogen) atoms.